The lowest BCUT2D eigenvalue weighted by atomic mass is 10.2. The van der Waals surface area contributed by atoms with Gasteiger partial charge >= 0.3 is 0 Å². The molecule has 0 spiro atoms. The average Bonchev–Trinajstić information content (AvgIpc) is 3.03. The summed E-state index contributed by atoms with van der Waals surface area (Å²) in [7, 11) is 0. The van der Waals surface area contributed by atoms with Gasteiger partial charge in [0.15, 0.2) is 5.65 Å². The van der Waals surface area contributed by atoms with E-state index in [1.54, 1.807) is 10.7 Å². The van der Waals surface area contributed by atoms with Crippen molar-refractivity contribution in [2.24, 2.45) is 0 Å². The van der Waals surface area contributed by atoms with Gasteiger partial charge in [-0.1, -0.05) is 0 Å². The van der Waals surface area contributed by atoms with Crippen molar-refractivity contribution in [3.8, 4) is 11.3 Å². The second-order valence-corrected chi connectivity index (χ2v) is 5.11. The lowest BCUT2D eigenvalue weighted by Crippen LogP contribution is -1.93. The first-order chi connectivity index (χ1) is 9.31. The van der Waals surface area contributed by atoms with E-state index in [4.69, 9.17) is 0 Å². The number of fused-ring (bicyclic) bond motifs is 2. The summed E-state index contributed by atoms with van der Waals surface area (Å²) < 4.78 is 4.79. The molecule has 0 saturated heterocycles. The summed E-state index contributed by atoms with van der Waals surface area (Å²) in [5.41, 5.74) is 3.69. The highest BCUT2D eigenvalue weighted by Crippen LogP contribution is 2.22. The number of hydrogen-bond acceptors (Lipinski definition) is 3. The maximum Gasteiger partial charge on any atom is 0.154 e. The van der Waals surface area contributed by atoms with E-state index >= 15 is 0 Å². The van der Waals surface area contributed by atoms with Crippen LogP contribution in [0, 0.1) is 0 Å². The largest absolute Gasteiger partial charge is 0.298 e. The summed E-state index contributed by atoms with van der Waals surface area (Å²) in [6.07, 6.45) is 9.35. The Hall–Kier alpha value is -2.21. The summed E-state index contributed by atoms with van der Waals surface area (Å²) >= 11 is 3.48. The van der Waals surface area contributed by atoms with E-state index in [2.05, 4.69) is 31.0 Å². The summed E-state index contributed by atoms with van der Waals surface area (Å²) in [4.78, 5) is 8.76. The molecule has 4 rings (SSSR count). The van der Waals surface area contributed by atoms with Crippen LogP contribution in [0.5, 0.6) is 0 Å². The van der Waals surface area contributed by atoms with Crippen molar-refractivity contribution in [2.45, 2.75) is 0 Å². The molecule has 4 aromatic heterocycles. The summed E-state index contributed by atoms with van der Waals surface area (Å²) in [6.45, 7) is 0. The number of rotatable bonds is 1. The molecule has 0 aliphatic heterocycles. The third-order valence-corrected chi connectivity index (χ3v) is 3.48. The van der Waals surface area contributed by atoms with Crippen molar-refractivity contribution < 1.29 is 0 Å². The lowest BCUT2D eigenvalue weighted by molar-refractivity contribution is 0.939. The molecule has 0 aliphatic carbocycles. The van der Waals surface area contributed by atoms with E-state index in [0.717, 1.165) is 27.0 Å². The Bertz CT molecular complexity index is 892. The van der Waals surface area contributed by atoms with Gasteiger partial charge in [0.05, 0.1) is 18.1 Å². The van der Waals surface area contributed by atoms with Crippen LogP contribution in [0.2, 0.25) is 0 Å². The van der Waals surface area contributed by atoms with E-state index in [-0.39, 0.29) is 0 Å². The van der Waals surface area contributed by atoms with Gasteiger partial charge in [-0.3, -0.25) is 4.40 Å². The number of nitrogens with zero attached hydrogens (tertiary/aromatic N) is 5. The minimum atomic E-state index is 0.832. The Balaban J connectivity index is 2.00. The Morgan fingerprint density at radius 3 is 2.79 bits per heavy atom. The van der Waals surface area contributed by atoms with Crippen LogP contribution in [-0.2, 0) is 0 Å². The fourth-order valence-electron chi connectivity index (χ4n) is 2.11. The van der Waals surface area contributed by atoms with Gasteiger partial charge in [0, 0.05) is 34.7 Å². The Morgan fingerprint density at radius 1 is 0.947 bits per heavy atom. The zero-order valence-corrected chi connectivity index (χ0v) is 11.3. The van der Waals surface area contributed by atoms with E-state index in [0.29, 0.717) is 0 Å². The second-order valence-electron chi connectivity index (χ2n) is 4.20. The molecule has 0 saturated carbocycles. The Labute approximate surface area is 116 Å². The molecule has 0 unspecified atom stereocenters. The number of hydrogen-bond donors (Lipinski definition) is 0. The summed E-state index contributed by atoms with van der Waals surface area (Å²) in [5.74, 6) is 0. The van der Waals surface area contributed by atoms with Crippen LogP contribution >= 0.6 is 15.9 Å². The first-order valence-corrected chi connectivity index (χ1v) is 6.53. The highest BCUT2D eigenvalue weighted by Gasteiger charge is 2.07. The lowest BCUT2D eigenvalue weighted by Gasteiger charge is -2.02. The van der Waals surface area contributed by atoms with Gasteiger partial charge in [0.1, 0.15) is 5.65 Å². The van der Waals surface area contributed by atoms with Gasteiger partial charge in [-0.2, -0.15) is 5.10 Å². The second kappa shape index (κ2) is 3.89. The van der Waals surface area contributed by atoms with E-state index in [1.165, 1.54) is 0 Å². The molecule has 0 radical (unpaired) electrons. The molecule has 4 aromatic rings. The summed E-state index contributed by atoms with van der Waals surface area (Å²) in [6, 6.07) is 5.81. The molecular weight excluding hydrogens is 306 g/mol. The van der Waals surface area contributed by atoms with Crippen LogP contribution < -0.4 is 0 Å². The quantitative estimate of drug-likeness (QED) is 0.543. The normalized spacial score (nSPS) is 11.4. The molecule has 19 heavy (non-hydrogen) atoms. The van der Waals surface area contributed by atoms with Crippen molar-refractivity contribution in [1.82, 2.24) is 24.0 Å². The molecule has 0 aromatic carbocycles. The first-order valence-electron chi connectivity index (χ1n) is 5.74. The molecule has 0 bridgehead atoms. The smallest absolute Gasteiger partial charge is 0.154 e. The van der Waals surface area contributed by atoms with Crippen LogP contribution in [0.25, 0.3) is 22.6 Å². The predicted molar refractivity (Wildman–Crippen MR) is 74.9 cm³/mol. The molecule has 5 nitrogen and oxygen atoms in total. The van der Waals surface area contributed by atoms with E-state index in [1.807, 2.05) is 47.4 Å². The molecule has 92 valence electrons. The summed E-state index contributed by atoms with van der Waals surface area (Å²) in [5, 5.41) is 4.20. The van der Waals surface area contributed by atoms with Crippen molar-refractivity contribution in [2.75, 3.05) is 0 Å². The van der Waals surface area contributed by atoms with E-state index < -0.39 is 0 Å². The number of imidazole rings is 1. The maximum absolute atomic E-state index is 4.39. The third-order valence-electron chi connectivity index (χ3n) is 3.01. The zero-order chi connectivity index (χ0) is 12.8. The molecule has 6 heteroatoms. The number of aromatic nitrogens is 5. The van der Waals surface area contributed by atoms with Crippen LogP contribution in [0.1, 0.15) is 0 Å². The highest BCUT2D eigenvalue weighted by molar-refractivity contribution is 9.10. The maximum atomic E-state index is 4.39. The average molecular weight is 314 g/mol. The SMILES string of the molecule is Brc1ccc2ncc(-c3cnc4ccnn4c3)n2c1. The van der Waals surface area contributed by atoms with Gasteiger partial charge < -0.3 is 0 Å². The molecule has 0 N–H and O–H groups in total. The predicted octanol–water partition coefficient (Wildman–Crippen LogP) is 2.81. The van der Waals surface area contributed by atoms with Crippen LogP contribution in [0.15, 0.2) is 53.7 Å². The van der Waals surface area contributed by atoms with Crippen LogP contribution in [0.3, 0.4) is 0 Å². The van der Waals surface area contributed by atoms with Crippen LogP contribution in [-0.4, -0.2) is 24.0 Å². The fraction of sp³-hybridized carbons (Fsp3) is 0. The minimum absolute atomic E-state index is 0.832. The Kier molecular flexibility index (Phi) is 2.19. The fourth-order valence-corrected chi connectivity index (χ4v) is 2.45. The third kappa shape index (κ3) is 1.64. The molecule has 0 amide bonds. The van der Waals surface area contributed by atoms with Crippen LogP contribution in [0.4, 0.5) is 0 Å². The van der Waals surface area contributed by atoms with Crippen molar-refractivity contribution >= 4 is 27.2 Å². The number of pyridine rings is 1. The van der Waals surface area contributed by atoms with E-state index in [9.17, 15) is 0 Å². The van der Waals surface area contributed by atoms with Gasteiger partial charge in [0.2, 0.25) is 0 Å². The number of halogens is 1. The van der Waals surface area contributed by atoms with Crippen molar-refractivity contribution in [3.05, 3.63) is 53.7 Å². The van der Waals surface area contributed by atoms with Gasteiger partial charge in [0.25, 0.3) is 0 Å². The molecule has 0 fully saturated rings. The molecular formula is C13H8BrN5. The Morgan fingerprint density at radius 2 is 1.84 bits per heavy atom. The monoisotopic (exact) mass is 313 g/mol. The van der Waals surface area contributed by atoms with Crippen molar-refractivity contribution in [1.29, 1.82) is 0 Å². The molecule has 0 aliphatic rings. The molecule has 4 heterocycles. The minimum Gasteiger partial charge on any atom is -0.298 e. The van der Waals surface area contributed by atoms with Gasteiger partial charge in [-0.15, -0.1) is 0 Å². The first kappa shape index (κ1) is 10.7. The zero-order valence-electron chi connectivity index (χ0n) is 9.73. The molecule has 0 atom stereocenters. The highest BCUT2D eigenvalue weighted by atomic mass is 79.9. The topological polar surface area (TPSA) is 47.5 Å². The van der Waals surface area contributed by atoms with Crippen molar-refractivity contribution in [3.63, 3.8) is 0 Å². The standard InChI is InChI=1S/C13H8BrN5/c14-10-1-2-12-16-6-11(18(12)8-10)9-5-15-13-3-4-17-19(13)7-9/h1-8H. The van der Waals surface area contributed by atoms with Gasteiger partial charge in [-0.05, 0) is 28.1 Å². The van der Waals surface area contributed by atoms with Gasteiger partial charge in [-0.25, -0.2) is 14.5 Å².